The smallest absolute Gasteiger partial charge is 0.150 e. The molecule has 3 spiro atoms. The molecule has 128 valence electrons. The summed E-state index contributed by atoms with van der Waals surface area (Å²) >= 11 is 0. The molecule has 25 heavy (non-hydrogen) atoms. The first-order valence-electron chi connectivity index (χ1n) is 10.2. The minimum absolute atomic E-state index is 0.0926. The number of carbonyl (C=O) groups is 2. The van der Waals surface area contributed by atoms with E-state index in [0.29, 0.717) is 35.2 Å². The van der Waals surface area contributed by atoms with Crippen LogP contribution in [-0.2, 0) is 9.59 Å². The van der Waals surface area contributed by atoms with Crippen LogP contribution in [0, 0.1) is 51.8 Å². The summed E-state index contributed by atoms with van der Waals surface area (Å²) in [6, 6.07) is 0. The molecule has 0 amide bonds. The van der Waals surface area contributed by atoms with Gasteiger partial charge in [-0.3, -0.25) is 9.59 Å². The maximum Gasteiger partial charge on any atom is 0.150 e. The van der Waals surface area contributed by atoms with Crippen molar-refractivity contribution in [2.75, 3.05) is 0 Å². The second-order valence-corrected chi connectivity index (χ2v) is 10.0. The van der Waals surface area contributed by atoms with Crippen molar-refractivity contribution < 1.29 is 9.59 Å². The van der Waals surface area contributed by atoms with Gasteiger partial charge in [-0.2, -0.15) is 0 Å². The van der Waals surface area contributed by atoms with Gasteiger partial charge in [0.05, 0.1) is 5.41 Å². The van der Waals surface area contributed by atoms with E-state index in [1.54, 1.807) is 0 Å². The van der Waals surface area contributed by atoms with Crippen LogP contribution in [-0.4, -0.2) is 11.6 Å². The molecule has 0 radical (unpaired) electrons. The number of fused-ring (bicyclic) bond motifs is 3. The number of hydrogen-bond donors (Lipinski definition) is 0. The lowest BCUT2D eigenvalue weighted by molar-refractivity contribution is -0.137. The second-order valence-electron chi connectivity index (χ2n) is 10.0. The van der Waals surface area contributed by atoms with Crippen molar-refractivity contribution in [2.24, 2.45) is 51.8 Å². The number of hydrogen-bond acceptors (Lipinski definition) is 2. The fraction of sp³-hybridized carbons (Fsp3) is 0.652. The molecule has 4 fully saturated rings. The lowest BCUT2D eigenvalue weighted by Crippen LogP contribution is -2.42. The quantitative estimate of drug-likeness (QED) is 0.631. The molecule has 0 N–H and O–H groups in total. The summed E-state index contributed by atoms with van der Waals surface area (Å²) in [5.74, 6) is 3.54. The van der Waals surface area contributed by atoms with Gasteiger partial charge in [-0.05, 0) is 68.1 Å². The zero-order chi connectivity index (χ0) is 16.6. The molecular weight excluding hydrogens is 308 g/mol. The maximum absolute atomic E-state index is 13.9. The average Bonchev–Trinajstić information content (AvgIpc) is 3.40. The number of Topliss-reactive ketones (excluding diaryl/α,β-unsaturated/α-hetero) is 2. The van der Waals surface area contributed by atoms with Gasteiger partial charge in [0.1, 0.15) is 11.6 Å². The first kappa shape index (κ1) is 13.7. The summed E-state index contributed by atoms with van der Waals surface area (Å²) in [7, 11) is 0. The molecule has 0 bridgehead atoms. The third kappa shape index (κ3) is 1.09. The van der Waals surface area contributed by atoms with Crippen molar-refractivity contribution in [3.8, 4) is 0 Å². The third-order valence-electron chi connectivity index (χ3n) is 9.94. The number of rotatable bonds is 0. The zero-order valence-corrected chi connectivity index (χ0v) is 14.5. The Labute approximate surface area is 148 Å². The van der Waals surface area contributed by atoms with Crippen LogP contribution < -0.4 is 0 Å². The van der Waals surface area contributed by atoms with Gasteiger partial charge < -0.3 is 0 Å². The molecule has 0 aliphatic heterocycles. The fourth-order valence-electron chi connectivity index (χ4n) is 9.38. The van der Waals surface area contributed by atoms with Crippen LogP contribution in [0.1, 0.15) is 38.5 Å². The Morgan fingerprint density at radius 3 is 2.20 bits per heavy atom. The monoisotopic (exact) mass is 332 g/mol. The lowest BCUT2D eigenvalue weighted by atomic mass is 9.64. The minimum atomic E-state index is -0.274. The van der Waals surface area contributed by atoms with Crippen molar-refractivity contribution in [1.82, 2.24) is 0 Å². The Bertz CT molecular complexity index is 813. The first-order chi connectivity index (χ1) is 12.2. The SMILES string of the molecule is O=C1C2C3C(CC4C3C3(C=CCC23)C(=O)C42CC=CC2)C12CC=CC2. The van der Waals surface area contributed by atoms with Crippen molar-refractivity contribution >= 4 is 11.6 Å². The van der Waals surface area contributed by atoms with Gasteiger partial charge in [-0.25, -0.2) is 0 Å². The molecule has 0 aromatic carbocycles. The standard InChI is InChI=1S/C23H24O2/c24-19-17-13-6-5-11-23(13)18-15(22(20(23)25)9-3-4-10-22)12-14(16(17)18)21(19)7-1-2-8-21/h1-5,11,13-18H,6-10,12H2. The molecule has 7 unspecified atom stereocenters. The van der Waals surface area contributed by atoms with Gasteiger partial charge in [0, 0.05) is 16.7 Å². The average molecular weight is 332 g/mol. The van der Waals surface area contributed by atoms with Crippen molar-refractivity contribution in [3.63, 3.8) is 0 Å². The largest absolute Gasteiger partial charge is 0.299 e. The molecule has 0 heterocycles. The van der Waals surface area contributed by atoms with E-state index >= 15 is 0 Å². The van der Waals surface area contributed by atoms with Gasteiger partial charge in [0.2, 0.25) is 0 Å². The van der Waals surface area contributed by atoms with E-state index in [9.17, 15) is 9.59 Å². The summed E-state index contributed by atoms with van der Waals surface area (Å²) in [5.41, 5.74) is -0.488. The molecule has 7 atom stereocenters. The summed E-state index contributed by atoms with van der Waals surface area (Å²) < 4.78 is 0. The van der Waals surface area contributed by atoms with Crippen LogP contribution in [0.2, 0.25) is 0 Å². The molecule has 0 aromatic heterocycles. The summed E-state index contributed by atoms with van der Waals surface area (Å²) in [6.07, 6.45) is 19.5. The van der Waals surface area contributed by atoms with Gasteiger partial charge in [-0.1, -0.05) is 36.5 Å². The minimum Gasteiger partial charge on any atom is -0.299 e. The number of allylic oxidation sites excluding steroid dienone is 6. The van der Waals surface area contributed by atoms with E-state index < -0.39 is 0 Å². The van der Waals surface area contributed by atoms with Crippen LogP contribution in [0.25, 0.3) is 0 Å². The lowest BCUT2D eigenvalue weighted by Gasteiger charge is -2.37. The topological polar surface area (TPSA) is 34.1 Å². The van der Waals surface area contributed by atoms with Crippen LogP contribution in [0.5, 0.6) is 0 Å². The second kappa shape index (κ2) is 3.80. The van der Waals surface area contributed by atoms with Gasteiger partial charge in [0.15, 0.2) is 0 Å². The van der Waals surface area contributed by atoms with E-state index in [0.717, 1.165) is 38.5 Å². The predicted molar refractivity (Wildman–Crippen MR) is 93.4 cm³/mol. The third-order valence-corrected chi connectivity index (χ3v) is 9.94. The van der Waals surface area contributed by atoms with Crippen LogP contribution in [0.3, 0.4) is 0 Å². The van der Waals surface area contributed by atoms with Crippen LogP contribution >= 0.6 is 0 Å². The molecule has 0 saturated heterocycles. The van der Waals surface area contributed by atoms with Crippen molar-refractivity contribution in [1.29, 1.82) is 0 Å². The Hall–Kier alpha value is -1.44. The predicted octanol–water partition coefficient (Wildman–Crippen LogP) is 3.89. The van der Waals surface area contributed by atoms with E-state index in [4.69, 9.17) is 0 Å². The van der Waals surface area contributed by atoms with E-state index in [1.807, 2.05) is 0 Å². The molecule has 2 heteroatoms. The molecule has 7 aliphatic rings. The highest BCUT2D eigenvalue weighted by Crippen LogP contribution is 2.82. The number of ketones is 2. The van der Waals surface area contributed by atoms with E-state index in [1.165, 1.54) is 0 Å². The normalized spacial score (nSPS) is 53.9. The van der Waals surface area contributed by atoms with Crippen molar-refractivity contribution in [3.05, 3.63) is 36.5 Å². The van der Waals surface area contributed by atoms with Crippen molar-refractivity contribution in [2.45, 2.75) is 38.5 Å². The maximum atomic E-state index is 13.9. The Morgan fingerprint density at radius 1 is 0.800 bits per heavy atom. The molecule has 7 aliphatic carbocycles. The summed E-state index contributed by atoms with van der Waals surface area (Å²) in [4.78, 5) is 27.5. The molecular formula is C23H24O2. The van der Waals surface area contributed by atoms with E-state index in [-0.39, 0.29) is 28.1 Å². The Morgan fingerprint density at radius 2 is 1.48 bits per heavy atom. The Balaban J connectivity index is 1.47. The molecule has 4 saturated carbocycles. The number of carbonyl (C=O) groups excluding carboxylic acids is 2. The van der Waals surface area contributed by atoms with Gasteiger partial charge in [0.25, 0.3) is 0 Å². The Kier molecular flexibility index (Phi) is 2.08. The summed E-state index contributed by atoms with van der Waals surface area (Å²) in [6.45, 7) is 0. The van der Waals surface area contributed by atoms with E-state index in [2.05, 4.69) is 36.5 Å². The summed E-state index contributed by atoms with van der Waals surface area (Å²) in [5, 5.41) is 0. The highest BCUT2D eigenvalue weighted by atomic mass is 16.1. The fourth-order valence-corrected chi connectivity index (χ4v) is 9.38. The molecule has 2 nitrogen and oxygen atoms in total. The molecule has 0 aromatic rings. The van der Waals surface area contributed by atoms with Crippen LogP contribution in [0.4, 0.5) is 0 Å². The molecule has 7 rings (SSSR count). The highest BCUT2D eigenvalue weighted by molar-refractivity contribution is 6.01. The van der Waals surface area contributed by atoms with Crippen LogP contribution in [0.15, 0.2) is 36.5 Å². The van der Waals surface area contributed by atoms with Gasteiger partial charge >= 0.3 is 0 Å². The zero-order valence-electron chi connectivity index (χ0n) is 14.5. The highest BCUT2D eigenvalue weighted by Gasteiger charge is 2.84. The first-order valence-corrected chi connectivity index (χ1v) is 10.2. The van der Waals surface area contributed by atoms with Gasteiger partial charge in [-0.15, -0.1) is 0 Å².